The second kappa shape index (κ2) is 5.44. The Balaban J connectivity index is 2.15. The number of hydrogen-bond donors (Lipinski definition) is 3. The van der Waals surface area contributed by atoms with E-state index in [1.54, 1.807) is 13.0 Å². The lowest BCUT2D eigenvalue weighted by Crippen LogP contribution is -2.38. The zero-order chi connectivity index (χ0) is 14.0. The largest absolute Gasteiger partial charge is 0.477 e. The quantitative estimate of drug-likeness (QED) is 0.752. The van der Waals surface area contributed by atoms with Gasteiger partial charge >= 0.3 is 5.97 Å². The molecule has 1 aliphatic heterocycles. The average Bonchev–Trinajstić information content (AvgIpc) is 2.39. The summed E-state index contributed by atoms with van der Waals surface area (Å²) in [5.74, 6) is -0.232. The van der Waals surface area contributed by atoms with E-state index in [2.05, 4.69) is 4.98 Å². The van der Waals surface area contributed by atoms with Gasteiger partial charge in [0.1, 0.15) is 0 Å². The molecular weight excluding hydrogens is 246 g/mol. The van der Waals surface area contributed by atoms with E-state index in [0.29, 0.717) is 17.4 Å². The predicted molar refractivity (Wildman–Crippen MR) is 72.2 cm³/mol. The van der Waals surface area contributed by atoms with E-state index in [1.807, 2.05) is 4.90 Å². The van der Waals surface area contributed by atoms with Gasteiger partial charge in [-0.05, 0) is 37.8 Å². The highest BCUT2D eigenvalue weighted by atomic mass is 16.4. The van der Waals surface area contributed by atoms with Crippen LogP contribution in [-0.4, -0.2) is 40.4 Å². The van der Waals surface area contributed by atoms with Crippen molar-refractivity contribution in [1.82, 2.24) is 4.98 Å². The van der Waals surface area contributed by atoms with Gasteiger partial charge in [0, 0.05) is 13.1 Å². The summed E-state index contributed by atoms with van der Waals surface area (Å²) in [5, 5.41) is 18.5. The first kappa shape index (κ1) is 13.6. The highest BCUT2D eigenvalue weighted by Gasteiger charge is 2.24. The SMILES string of the molecule is CC(O)C1CCN(c2nc(C(=O)O)ccc2N)CC1. The molecule has 1 saturated heterocycles. The van der Waals surface area contributed by atoms with Crippen LogP contribution in [0.1, 0.15) is 30.3 Å². The molecule has 6 nitrogen and oxygen atoms in total. The number of rotatable bonds is 3. The number of aliphatic hydroxyl groups excluding tert-OH is 1. The van der Waals surface area contributed by atoms with Crippen molar-refractivity contribution in [1.29, 1.82) is 0 Å². The van der Waals surface area contributed by atoms with Crippen LogP contribution in [0.5, 0.6) is 0 Å². The summed E-state index contributed by atoms with van der Waals surface area (Å²) in [7, 11) is 0. The lowest BCUT2D eigenvalue weighted by atomic mass is 9.92. The smallest absolute Gasteiger partial charge is 0.354 e. The summed E-state index contributed by atoms with van der Waals surface area (Å²) in [5.41, 5.74) is 6.36. The number of pyridine rings is 1. The van der Waals surface area contributed by atoms with Crippen LogP contribution in [0, 0.1) is 5.92 Å². The Morgan fingerprint density at radius 1 is 1.47 bits per heavy atom. The maximum atomic E-state index is 10.9. The minimum absolute atomic E-state index is 0.00171. The average molecular weight is 265 g/mol. The molecule has 0 radical (unpaired) electrons. The number of carbonyl (C=O) groups is 1. The highest BCUT2D eigenvalue weighted by Crippen LogP contribution is 2.27. The van der Waals surface area contributed by atoms with Crippen LogP contribution in [0.3, 0.4) is 0 Å². The Hall–Kier alpha value is -1.82. The van der Waals surface area contributed by atoms with Gasteiger partial charge in [-0.3, -0.25) is 0 Å². The zero-order valence-corrected chi connectivity index (χ0v) is 10.9. The number of carboxylic acid groups (broad SMARTS) is 1. The number of aromatic nitrogens is 1. The molecule has 2 heterocycles. The lowest BCUT2D eigenvalue weighted by molar-refractivity contribution is 0.0690. The summed E-state index contributed by atoms with van der Waals surface area (Å²) in [6, 6.07) is 2.98. The van der Waals surface area contributed by atoms with Gasteiger partial charge in [-0.2, -0.15) is 0 Å². The van der Waals surface area contributed by atoms with Gasteiger partial charge in [-0.1, -0.05) is 0 Å². The number of anilines is 2. The molecule has 0 saturated carbocycles. The standard InChI is InChI=1S/C13H19N3O3/c1-8(17)9-4-6-16(7-5-9)12-10(14)2-3-11(15-12)13(18)19/h2-3,8-9,17H,4-7,14H2,1H3,(H,18,19). The van der Waals surface area contributed by atoms with Gasteiger partial charge in [0.25, 0.3) is 0 Å². The fourth-order valence-electron chi connectivity index (χ4n) is 2.43. The normalized spacial score (nSPS) is 18.3. The maximum absolute atomic E-state index is 10.9. The van der Waals surface area contributed by atoms with Crippen LogP contribution in [0.15, 0.2) is 12.1 Å². The van der Waals surface area contributed by atoms with Crippen molar-refractivity contribution in [3.05, 3.63) is 17.8 Å². The molecule has 1 aromatic rings. The molecule has 1 atom stereocenters. The number of nitrogens with zero attached hydrogens (tertiary/aromatic N) is 2. The van der Waals surface area contributed by atoms with Crippen molar-refractivity contribution in [3.63, 3.8) is 0 Å². The summed E-state index contributed by atoms with van der Waals surface area (Å²) in [4.78, 5) is 17.0. The van der Waals surface area contributed by atoms with Crippen molar-refractivity contribution in [3.8, 4) is 0 Å². The van der Waals surface area contributed by atoms with Crippen molar-refractivity contribution < 1.29 is 15.0 Å². The van der Waals surface area contributed by atoms with Crippen LogP contribution in [-0.2, 0) is 0 Å². The van der Waals surface area contributed by atoms with Crippen LogP contribution in [0.2, 0.25) is 0 Å². The Morgan fingerprint density at radius 3 is 2.63 bits per heavy atom. The van der Waals surface area contributed by atoms with Crippen molar-refractivity contribution in [2.45, 2.75) is 25.9 Å². The van der Waals surface area contributed by atoms with E-state index in [4.69, 9.17) is 10.8 Å². The molecule has 0 spiro atoms. The maximum Gasteiger partial charge on any atom is 0.354 e. The first-order valence-corrected chi connectivity index (χ1v) is 6.42. The molecule has 0 aromatic carbocycles. The number of hydrogen-bond acceptors (Lipinski definition) is 5. The Labute approximate surface area is 111 Å². The number of nitrogen functional groups attached to an aromatic ring is 1. The third kappa shape index (κ3) is 2.96. The minimum Gasteiger partial charge on any atom is -0.477 e. The molecule has 1 aromatic heterocycles. The third-order valence-electron chi connectivity index (χ3n) is 3.65. The summed E-state index contributed by atoms with van der Waals surface area (Å²) in [6.45, 7) is 3.27. The van der Waals surface area contributed by atoms with E-state index < -0.39 is 5.97 Å². The third-order valence-corrected chi connectivity index (χ3v) is 3.65. The monoisotopic (exact) mass is 265 g/mol. The fraction of sp³-hybridized carbons (Fsp3) is 0.538. The summed E-state index contributed by atoms with van der Waals surface area (Å²) >= 11 is 0. The van der Waals surface area contributed by atoms with Crippen LogP contribution >= 0.6 is 0 Å². The second-order valence-electron chi connectivity index (χ2n) is 4.98. The molecule has 0 bridgehead atoms. The molecule has 6 heteroatoms. The first-order valence-electron chi connectivity index (χ1n) is 6.42. The molecule has 4 N–H and O–H groups in total. The van der Waals surface area contributed by atoms with Crippen molar-refractivity contribution in [2.75, 3.05) is 23.7 Å². The number of carboxylic acids is 1. The summed E-state index contributed by atoms with van der Waals surface area (Å²) < 4.78 is 0. The van der Waals surface area contributed by atoms with Crippen LogP contribution in [0.4, 0.5) is 11.5 Å². The van der Waals surface area contributed by atoms with Crippen LogP contribution < -0.4 is 10.6 Å². The van der Waals surface area contributed by atoms with Gasteiger partial charge in [0.15, 0.2) is 11.5 Å². The van der Waals surface area contributed by atoms with E-state index in [-0.39, 0.29) is 11.8 Å². The Kier molecular flexibility index (Phi) is 3.90. The van der Waals surface area contributed by atoms with Crippen molar-refractivity contribution in [2.24, 2.45) is 5.92 Å². The number of aromatic carboxylic acids is 1. The molecule has 2 rings (SSSR count). The zero-order valence-electron chi connectivity index (χ0n) is 10.9. The Morgan fingerprint density at radius 2 is 2.11 bits per heavy atom. The molecule has 0 amide bonds. The topological polar surface area (TPSA) is 99.7 Å². The van der Waals surface area contributed by atoms with Gasteiger partial charge in [0.05, 0.1) is 11.8 Å². The van der Waals surface area contributed by atoms with Crippen molar-refractivity contribution >= 4 is 17.5 Å². The molecule has 19 heavy (non-hydrogen) atoms. The van der Waals surface area contributed by atoms with Gasteiger partial charge in [0.2, 0.25) is 0 Å². The minimum atomic E-state index is -1.06. The molecule has 0 aliphatic carbocycles. The molecule has 1 fully saturated rings. The summed E-state index contributed by atoms with van der Waals surface area (Å²) in [6.07, 6.45) is 1.41. The predicted octanol–water partition coefficient (Wildman–Crippen LogP) is 0.959. The fourth-order valence-corrected chi connectivity index (χ4v) is 2.43. The van der Waals surface area contributed by atoms with E-state index in [0.717, 1.165) is 25.9 Å². The molecular formula is C13H19N3O3. The van der Waals surface area contributed by atoms with Crippen LogP contribution in [0.25, 0.3) is 0 Å². The number of aliphatic hydroxyl groups is 1. The molecule has 1 aliphatic rings. The van der Waals surface area contributed by atoms with E-state index in [9.17, 15) is 9.90 Å². The van der Waals surface area contributed by atoms with Gasteiger partial charge in [-0.25, -0.2) is 9.78 Å². The number of piperidine rings is 1. The van der Waals surface area contributed by atoms with Gasteiger partial charge < -0.3 is 20.8 Å². The Bertz CT molecular complexity index is 468. The highest BCUT2D eigenvalue weighted by molar-refractivity contribution is 5.87. The van der Waals surface area contributed by atoms with E-state index in [1.165, 1.54) is 6.07 Å². The number of nitrogens with two attached hydrogens (primary N) is 1. The second-order valence-corrected chi connectivity index (χ2v) is 4.98. The molecule has 1 unspecified atom stereocenters. The van der Waals surface area contributed by atoms with Gasteiger partial charge in [-0.15, -0.1) is 0 Å². The molecule has 104 valence electrons. The lowest BCUT2D eigenvalue weighted by Gasteiger charge is -2.34. The van der Waals surface area contributed by atoms with E-state index >= 15 is 0 Å². The first-order chi connectivity index (χ1) is 8.99.